The van der Waals surface area contributed by atoms with Gasteiger partial charge in [0.25, 0.3) is 0 Å². The number of carbonyl (C=O) groups is 2. The molecule has 0 aliphatic rings. The van der Waals surface area contributed by atoms with Crippen LogP contribution >= 0.6 is 0 Å². The van der Waals surface area contributed by atoms with Crippen molar-refractivity contribution in [3.05, 3.63) is 29.5 Å². The Morgan fingerprint density at radius 1 is 1.30 bits per heavy atom. The highest BCUT2D eigenvalue weighted by molar-refractivity contribution is 6.00. The molecule has 2 rings (SSSR count). The second kappa shape index (κ2) is 6.66. The molecule has 7 heteroatoms. The Labute approximate surface area is 132 Å². The van der Waals surface area contributed by atoms with E-state index in [1.165, 1.54) is 27.2 Å². The topological polar surface area (TPSA) is 101 Å². The van der Waals surface area contributed by atoms with E-state index in [-0.39, 0.29) is 11.3 Å². The predicted molar refractivity (Wildman–Crippen MR) is 81.8 cm³/mol. The first-order valence-electron chi connectivity index (χ1n) is 6.58. The monoisotopic (exact) mass is 314 g/mol. The maximum absolute atomic E-state index is 11.5. The van der Waals surface area contributed by atoms with E-state index in [1.807, 2.05) is 0 Å². The summed E-state index contributed by atoms with van der Waals surface area (Å²) in [6.07, 6.45) is 1.27. The van der Waals surface area contributed by atoms with Crippen molar-refractivity contribution in [1.29, 1.82) is 5.26 Å². The highest BCUT2D eigenvalue weighted by Gasteiger charge is 2.17. The number of rotatable bonds is 4. The zero-order chi connectivity index (χ0) is 17.0. The van der Waals surface area contributed by atoms with Gasteiger partial charge in [-0.1, -0.05) is 0 Å². The van der Waals surface area contributed by atoms with Gasteiger partial charge in [0.1, 0.15) is 17.4 Å². The van der Waals surface area contributed by atoms with E-state index in [9.17, 15) is 9.59 Å². The molecule has 118 valence electrons. The van der Waals surface area contributed by atoms with Crippen molar-refractivity contribution in [2.24, 2.45) is 0 Å². The quantitative estimate of drug-likeness (QED) is 0.527. The van der Waals surface area contributed by atoms with Crippen molar-refractivity contribution in [2.75, 3.05) is 14.2 Å². The highest BCUT2D eigenvalue weighted by atomic mass is 16.5. The number of hydrogen-bond acceptors (Lipinski definition) is 6. The molecule has 0 spiro atoms. The number of H-pyrrole nitrogens is 1. The van der Waals surface area contributed by atoms with Crippen LogP contribution in [0.4, 0.5) is 0 Å². The molecular formula is C16H14N2O5. The van der Waals surface area contributed by atoms with Crippen molar-refractivity contribution in [2.45, 2.75) is 6.92 Å². The van der Waals surface area contributed by atoms with Gasteiger partial charge in [0.2, 0.25) is 0 Å². The minimum absolute atomic E-state index is 0.211. The summed E-state index contributed by atoms with van der Waals surface area (Å²) in [6, 6.07) is 6.91. The first kappa shape index (κ1) is 16.1. The molecule has 1 heterocycles. The second-order valence-corrected chi connectivity index (χ2v) is 4.53. The maximum Gasteiger partial charge on any atom is 0.348 e. The fourth-order valence-electron chi connectivity index (χ4n) is 2.04. The molecule has 2 aromatic rings. The molecule has 1 aromatic carbocycles. The summed E-state index contributed by atoms with van der Waals surface area (Å²) in [5.74, 6) is -0.519. The fourth-order valence-corrected chi connectivity index (χ4v) is 2.04. The van der Waals surface area contributed by atoms with Gasteiger partial charge in [-0.3, -0.25) is 4.79 Å². The molecule has 0 bridgehead atoms. The molecule has 0 saturated heterocycles. The summed E-state index contributed by atoms with van der Waals surface area (Å²) in [5.41, 5.74) is 0.750. The Kier molecular flexibility index (Phi) is 4.66. The molecule has 0 atom stereocenters. The number of nitriles is 1. The molecular weight excluding hydrogens is 300 g/mol. The lowest BCUT2D eigenvalue weighted by molar-refractivity contribution is -0.135. The van der Waals surface area contributed by atoms with Gasteiger partial charge in [0, 0.05) is 17.8 Å². The summed E-state index contributed by atoms with van der Waals surface area (Å²) in [7, 11) is 2.70. The number of nitrogens with one attached hydrogen (secondary N) is 1. The Morgan fingerprint density at radius 3 is 2.61 bits per heavy atom. The van der Waals surface area contributed by atoms with Crippen molar-refractivity contribution in [1.82, 2.24) is 4.98 Å². The average Bonchev–Trinajstić information content (AvgIpc) is 2.87. The molecule has 0 radical (unpaired) electrons. The van der Waals surface area contributed by atoms with Crippen LogP contribution in [0.1, 0.15) is 12.6 Å². The molecule has 0 amide bonds. The third-order valence-electron chi connectivity index (χ3n) is 3.05. The molecule has 7 nitrogen and oxygen atoms in total. The normalized spacial score (nSPS) is 11.0. The fraction of sp³-hybridized carbons (Fsp3) is 0.188. The van der Waals surface area contributed by atoms with Gasteiger partial charge in [-0.2, -0.15) is 5.26 Å². The molecule has 0 aliphatic heterocycles. The number of aromatic amines is 1. The minimum Gasteiger partial charge on any atom is -0.497 e. The number of benzene rings is 1. The van der Waals surface area contributed by atoms with E-state index in [0.29, 0.717) is 22.3 Å². The largest absolute Gasteiger partial charge is 0.497 e. The summed E-state index contributed by atoms with van der Waals surface area (Å²) in [4.78, 5) is 25.9. The van der Waals surface area contributed by atoms with Gasteiger partial charge in [-0.05, 0) is 24.3 Å². The summed E-state index contributed by atoms with van der Waals surface area (Å²) in [6.45, 7) is 1.26. The molecule has 1 N–H and O–H groups in total. The van der Waals surface area contributed by atoms with E-state index in [1.54, 1.807) is 24.3 Å². The van der Waals surface area contributed by atoms with Crippen molar-refractivity contribution in [3.63, 3.8) is 0 Å². The third kappa shape index (κ3) is 3.32. The predicted octanol–water partition coefficient (Wildman–Crippen LogP) is 2.18. The van der Waals surface area contributed by atoms with E-state index >= 15 is 0 Å². The van der Waals surface area contributed by atoms with E-state index in [2.05, 4.69) is 9.72 Å². The Hall–Kier alpha value is -3.27. The number of aromatic nitrogens is 1. The molecule has 0 saturated carbocycles. The van der Waals surface area contributed by atoms with Gasteiger partial charge in [0.05, 0.1) is 19.9 Å². The van der Waals surface area contributed by atoms with Gasteiger partial charge < -0.3 is 19.2 Å². The zero-order valence-electron chi connectivity index (χ0n) is 12.8. The molecule has 23 heavy (non-hydrogen) atoms. The Morgan fingerprint density at radius 2 is 2.04 bits per heavy atom. The second-order valence-electron chi connectivity index (χ2n) is 4.53. The van der Waals surface area contributed by atoms with Gasteiger partial charge >= 0.3 is 11.9 Å². The summed E-state index contributed by atoms with van der Waals surface area (Å²) in [5, 5.41) is 9.65. The highest BCUT2D eigenvalue weighted by Crippen LogP contribution is 2.34. The molecule has 0 fully saturated rings. The van der Waals surface area contributed by atoms with Crippen LogP contribution in [0.25, 0.3) is 17.0 Å². The lowest BCUT2D eigenvalue weighted by atomic mass is 10.2. The van der Waals surface area contributed by atoms with Crippen LogP contribution in [0, 0.1) is 11.3 Å². The minimum atomic E-state index is -0.780. The number of carbonyl (C=O) groups excluding carboxylic acids is 2. The Bertz CT molecular complexity index is 842. The van der Waals surface area contributed by atoms with E-state index in [0.717, 1.165) is 0 Å². The van der Waals surface area contributed by atoms with Crippen molar-refractivity contribution < 1.29 is 23.8 Å². The van der Waals surface area contributed by atoms with Gasteiger partial charge in [-0.15, -0.1) is 0 Å². The van der Waals surface area contributed by atoms with Crippen LogP contribution in [0.3, 0.4) is 0 Å². The molecule has 0 aliphatic carbocycles. The van der Waals surface area contributed by atoms with Crippen LogP contribution in [0.5, 0.6) is 11.5 Å². The SMILES string of the molecule is COC(=O)/C(C#N)=C/c1[nH]c2ccc(OC)cc2c1OC(C)=O. The number of esters is 2. The van der Waals surface area contributed by atoms with E-state index < -0.39 is 11.9 Å². The third-order valence-corrected chi connectivity index (χ3v) is 3.05. The standard InChI is InChI=1S/C16H14N2O5/c1-9(19)23-15-12-7-11(21-2)4-5-13(12)18-14(15)6-10(8-17)16(20)22-3/h4-7,18H,1-3H3/b10-6+. The van der Waals surface area contributed by atoms with Crippen LogP contribution in [0.2, 0.25) is 0 Å². The number of ether oxygens (including phenoxy) is 3. The van der Waals surface area contributed by atoms with E-state index in [4.69, 9.17) is 14.7 Å². The summed E-state index contributed by atoms with van der Waals surface area (Å²) >= 11 is 0. The van der Waals surface area contributed by atoms with Crippen LogP contribution in [-0.4, -0.2) is 31.1 Å². The number of hydrogen-bond donors (Lipinski definition) is 1. The van der Waals surface area contributed by atoms with Crippen LogP contribution in [-0.2, 0) is 14.3 Å². The Balaban J connectivity index is 2.67. The van der Waals surface area contributed by atoms with Gasteiger partial charge in [-0.25, -0.2) is 4.79 Å². The number of fused-ring (bicyclic) bond motifs is 1. The van der Waals surface area contributed by atoms with Gasteiger partial charge in [0.15, 0.2) is 5.75 Å². The zero-order valence-corrected chi connectivity index (χ0v) is 12.8. The lowest BCUT2D eigenvalue weighted by Gasteiger charge is -2.03. The average molecular weight is 314 g/mol. The lowest BCUT2D eigenvalue weighted by Crippen LogP contribution is -2.04. The van der Waals surface area contributed by atoms with Crippen LogP contribution < -0.4 is 9.47 Å². The van der Waals surface area contributed by atoms with Crippen LogP contribution in [0.15, 0.2) is 23.8 Å². The molecule has 0 unspecified atom stereocenters. The number of methoxy groups -OCH3 is 2. The maximum atomic E-state index is 11.5. The smallest absolute Gasteiger partial charge is 0.348 e. The summed E-state index contributed by atoms with van der Waals surface area (Å²) < 4.78 is 14.9. The number of nitrogens with zero attached hydrogens (tertiary/aromatic N) is 1. The first-order chi connectivity index (χ1) is 11.0. The van der Waals surface area contributed by atoms with Crippen molar-refractivity contribution >= 4 is 28.9 Å². The first-order valence-corrected chi connectivity index (χ1v) is 6.58. The molecule has 1 aromatic heterocycles. The van der Waals surface area contributed by atoms with Crippen molar-refractivity contribution in [3.8, 4) is 17.6 Å².